The highest BCUT2D eigenvalue weighted by molar-refractivity contribution is 4.71. The number of alkyl halides is 10. The van der Waals surface area contributed by atoms with Gasteiger partial charge in [0.2, 0.25) is 0 Å². The topological polar surface area (TPSA) is 146 Å². The first-order valence-corrected chi connectivity index (χ1v) is 11.2. The van der Waals surface area contributed by atoms with Crippen molar-refractivity contribution in [2.45, 2.75) is 55.8 Å². The third kappa shape index (κ3) is 17.6. The quantitative estimate of drug-likeness (QED) is 0.0667. The average molecular weight is 624 g/mol. The molecule has 0 heterocycles. The summed E-state index contributed by atoms with van der Waals surface area (Å²) in [5.41, 5.74) is 0. The average Bonchev–Trinajstić information content (AvgIpc) is 2.77. The van der Waals surface area contributed by atoms with Crippen LogP contribution in [0.15, 0.2) is 0 Å². The summed E-state index contributed by atoms with van der Waals surface area (Å²) in [5, 5.41) is 35.8. The molecule has 0 rings (SSSR count). The standard InChI is InChI=1S/C19H30F10O11/c20-15(21,11-36-9-13(32)1-5-34-7-3-30)38-17(24,25)18(26,27)40-19(28,29)39-16(22,23)12-37-10-14(33)2-6-35-8-4-31/h13-14,30-33H,1-12H2. The lowest BCUT2D eigenvalue weighted by molar-refractivity contribution is -0.566. The second kappa shape index (κ2) is 17.7. The van der Waals surface area contributed by atoms with E-state index in [1.165, 1.54) is 0 Å². The van der Waals surface area contributed by atoms with Crippen molar-refractivity contribution in [1.82, 2.24) is 0 Å². The van der Waals surface area contributed by atoms with Gasteiger partial charge in [-0.15, -0.1) is 8.78 Å². The van der Waals surface area contributed by atoms with Crippen molar-refractivity contribution >= 4 is 0 Å². The van der Waals surface area contributed by atoms with E-state index in [4.69, 9.17) is 19.7 Å². The van der Waals surface area contributed by atoms with Gasteiger partial charge in [0.15, 0.2) is 0 Å². The van der Waals surface area contributed by atoms with Crippen molar-refractivity contribution in [3.8, 4) is 0 Å². The molecule has 2 unspecified atom stereocenters. The predicted molar refractivity (Wildman–Crippen MR) is 107 cm³/mol. The minimum atomic E-state index is -6.68. The fourth-order valence-electron chi connectivity index (χ4n) is 2.28. The van der Waals surface area contributed by atoms with Gasteiger partial charge in [-0.3, -0.25) is 0 Å². The number of hydrogen-bond acceptors (Lipinski definition) is 11. The van der Waals surface area contributed by atoms with Gasteiger partial charge in [-0.25, -0.2) is 14.2 Å². The van der Waals surface area contributed by atoms with Gasteiger partial charge in [-0.05, 0) is 12.8 Å². The molecule has 0 aliphatic carbocycles. The molecule has 0 bridgehead atoms. The van der Waals surface area contributed by atoms with E-state index in [1.54, 1.807) is 0 Å². The summed E-state index contributed by atoms with van der Waals surface area (Å²) in [6.07, 6.45) is -33.4. The molecule has 0 aliphatic heterocycles. The Bertz CT molecular complexity index is 677. The molecule has 40 heavy (non-hydrogen) atoms. The largest absolute Gasteiger partial charge is 0.495 e. The Hall–Kier alpha value is -1.14. The van der Waals surface area contributed by atoms with E-state index in [-0.39, 0.29) is 52.5 Å². The van der Waals surface area contributed by atoms with Crippen LogP contribution < -0.4 is 0 Å². The Morgan fingerprint density at radius 3 is 1.27 bits per heavy atom. The number of rotatable bonds is 25. The highest BCUT2D eigenvalue weighted by Crippen LogP contribution is 2.44. The Labute approximate surface area is 220 Å². The molecule has 11 nitrogen and oxygen atoms in total. The maximum Gasteiger partial charge on any atom is 0.495 e. The van der Waals surface area contributed by atoms with Gasteiger partial charge < -0.3 is 39.4 Å². The second-order valence-electron chi connectivity index (χ2n) is 7.66. The zero-order chi connectivity index (χ0) is 31.1. The van der Waals surface area contributed by atoms with Crippen LogP contribution in [0.3, 0.4) is 0 Å². The lowest BCUT2D eigenvalue weighted by Crippen LogP contribution is -2.54. The molecular formula is C19H30F10O11. The monoisotopic (exact) mass is 624 g/mol. The van der Waals surface area contributed by atoms with Gasteiger partial charge in [0.05, 0.1) is 51.8 Å². The second-order valence-corrected chi connectivity index (χ2v) is 7.66. The van der Waals surface area contributed by atoms with Crippen LogP contribution in [0, 0.1) is 0 Å². The molecule has 0 spiro atoms. The van der Waals surface area contributed by atoms with E-state index in [2.05, 4.69) is 23.7 Å². The van der Waals surface area contributed by atoms with Crippen molar-refractivity contribution in [1.29, 1.82) is 0 Å². The third-order valence-electron chi connectivity index (χ3n) is 3.95. The zero-order valence-electron chi connectivity index (χ0n) is 20.6. The van der Waals surface area contributed by atoms with Crippen molar-refractivity contribution in [3.63, 3.8) is 0 Å². The molecule has 0 aromatic heterocycles. The highest BCUT2D eigenvalue weighted by atomic mass is 19.3. The maximum absolute atomic E-state index is 13.6. The molecule has 0 aliphatic rings. The molecule has 0 saturated carbocycles. The minimum absolute atomic E-state index is 0.109. The van der Waals surface area contributed by atoms with Crippen molar-refractivity contribution in [2.24, 2.45) is 0 Å². The van der Waals surface area contributed by atoms with E-state index >= 15 is 0 Å². The molecule has 0 saturated heterocycles. The Kier molecular flexibility index (Phi) is 17.2. The van der Waals surface area contributed by atoms with E-state index in [9.17, 15) is 54.1 Å². The van der Waals surface area contributed by atoms with Gasteiger partial charge in [-0.2, -0.15) is 35.1 Å². The van der Waals surface area contributed by atoms with Crippen molar-refractivity contribution < 1.29 is 97.5 Å². The molecule has 0 radical (unpaired) electrons. The maximum atomic E-state index is 13.6. The van der Waals surface area contributed by atoms with Crippen LogP contribution in [0.1, 0.15) is 12.8 Å². The highest BCUT2D eigenvalue weighted by Gasteiger charge is 2.68. The van der Waals surface area contributed by atoms with Crippen LogP contribution >= 0.6 is 0 Å². The SMILES string of the molecule is OCCOCCC(O)COCC(F)(F)OC(F)(F)OC(F)(F)C(F)(F)OC(F)(F)COCC(O)CCOCCO. The van der Waals surface area contributed by atoms with Gasteiger partial charge in [0.1, 0.15) is 13.2 Å². The summed E-state index contributed by atoms with van der Waals surface area (Å²) in [6.45, 7) is -7.47. The van der Waals surface area contributed by atoms with Crippen molar-refractivity contribution in [3.05, 3.63) is 0 Å². The number of hydrogen-bond donors (Lipinski definition) is 4. The predicted octanol–water partition coefficient (Wildman–Crippen LogP) is 1.51. The molecule has 4 N–H and O–H groups in total. The zero-order valence-corrected chi connectivity index (χ0v) is 20.6. The molecule has 0 amide bonds. The van der Waals surface area contributed by atoms with E-state index in [1.807, 2.05) is 0 Å². The molecule has 242 valence electrons. The molecule has 0 aromatic rings. The first-order chi connectivity index (χ1) is 18.3. The Balaban J connectivity index is 4.79. The van der Waals surface area contributed by atoms with Gasteiger partial charge in [-0.1, -0.05) is 0 Å². The number of aliphatic hydroxyl groups excluding tert-OH is 4. The number of halogens is 10. The smallest absolute Gasteiger partial charge is 0.394 e. The molecular weight excluding hydrogens is 594 g/mol. The Morgan fingerprint density at radius 1 is 0.500 bits per heavy atom. The van der Waals surface area contributed by atoms with Crippen LogP contribution in [0.5, 0.6) is 0 Å². The first-order valence-electron chi connectivity index (χ1n) is 11.2. The summed E-state index contributed by atoms with van der Waals surface area (Å²) >= 11 is 0. The molecule has 21 heteroatoms. The fraction of sp³-hybridized carbons (Fsp3) is 1.00. The van der Waals surface area contributed by atoms with E-state index in [0.29, 0.717) is 0 Å². The van der Waals surface area contributed by atoms with Crippen molar-refractivity contribution in [2.75, 3.05) is 66.1 Å². The third-order valence-corrected chi connectivity index (χ3v) is 3.95. The minimum Gasteiger partial charge on any atom is -0.394 e. The van der Waals surface area contributed by atoms with Gasteiger partial charge in [0, 0.05) is 13.2 Å². The first kappa shape index (κ1) is 38.9. The summed E-state index contributed by atoms with van der Waals surface area (Å²) < 4.78 is 160. The van der Waals surface area contributed by atoms with Crippen LogP contribution in [-0.2, 0) is 33.2 Å². The summed E-state index contributed by atoms with van der Waals surface area (Å²) in [7, 11) is 0. The molecule has 2 atom stereocenters. The van der Waals surface area contributed by atoms with Crippen LogP contribution in [0.4, 0.5) is 43.9 Å². The van der Waals surface area contributed by atoms with Crippen LogP contribution in [-0.4, -0.2) is 129 Å². The summed E-state index contributed by atoms with van der Waals surface area (Å²) in [4.78, 5) is 0. The van der Waals surface area contributed by atoms with Gasteiger partial charge >= 0.3 is 30.7 Å². The molecule has 0 fully saturated rings. The van der Waals surface area contributed by atoms with Crippen LogP contribution in [0.25, 0.3) is 0 Å². The fourth-order valence-corrected chi connectivity index (χ4v) is 2.28. The Morgan fingerprint density at radius 2 is 0.875 bits per heavy atom. The molecule has 0 aromatic carbocycles. The van der Waals surface area contributed by atoms with Gasteiger partial charge in [0.25, 0.3) is 0 Å². The normalized spacial score (nSPS) is 15.4. The lowest BCUT2D eigenvalue weighted by atomic mass is 10.3. The number of ether oxygens (including phenoxy) is 7. The van der Waals surface area contributed by atoms with E-state index in [0.717, 1.165) is 0 Å². The van der Waals surface area contributed by atoms with Crippen LogP contribution in [0.2, 0.25) is 0 Å². The van der Waals surface area contributed by atoms with E-state index < -0.39 is 69.4 Å². The number of aliphatic hydroxyl groups is 4. The lowest BCUT2D eigenvalue weighted by Gasteiger charge is -2.31. The summed E-state index contributed by atoms with van der Waals surface area (Å²) in [5.74, 6) is 0. The summed E-state index contributed by atoms with van der Waals surface area (Å²) in [6, 6.07) is 0.